The van der Waals surface area contributed by atoms with E-state index < -0.39 is 0 Å². The summed E-state index contributed by atoms with van der Waals surface area (Å²) >= 11 is 1.75. The van der Waals surface area contributed by atoms with Gasteiger partial charge >= 0.3 is 0 Å². The van der Waals surface area contributed by atoms with Crippen LogP contribution in [0.1, 0.15) is 87.0 Å². The van der Waals surface area contributed by atoms with Crippen LogP contribution in [0.4, 0.5) is 0 Å². The van der Waals surface area contributed by atoms with Gasteiger partial charge in [0.1, 0.15) is 0 Å². The van der Waals surface area contributed by atoms with Crippen molar-refractivity contribution in [1.82, 2.24) is 40.4 Å². The summed E-state index contributed by atoms with van der Waals surface area (Å²) in [7, 11) is 0. The number of carbonyl (C=O) groups is 1. The lowest BCUT2D eigenvalue weighted by molar-refractivity contribution is -0.129. The van der Waals surface area contributed by atoms with E-state index in [4.69, 9.17) is 4.74 Å². The number of piperazine rings is 2. The third-order valence-electron chi connectivity index (χ3n) is 9.91. The van der Waals surface area contributed by atoms with Crippen LogP contribution in [-0.2, 0) is 9.53 Å². The topological polar surface area (TPSA) is 78.6 Å². The third kappa shape index (κ3) is 32.6. The minimum Gasteiger partial charge on any atom is -0.379 e. The lowest BCUT2D eigenvalue weighted by Crippen LogP contribution is -2.45. The van der Waals surface area contributed by atoms with E-state index in [0.717, 1.165) is 64.3 Å². The maximum atomic E-state index is 10.7. The van der Waals surface area contributed by atoms with Crippen LogP contribution in [0.25, 0.3) is 0 Å². The molecule has 1 aliphatic carbocycles. The Morgan fingerprint density at radius 1 is 0.569 bits per heavy atom. The predicted molar refractivity (Wildman–Crippen MR) is 226 cm³/mol. The quantitative estimate of drug-likeness (QED) is 0.383. The van der Waals surface area contributed by atoms with Crippen LogP contribution in [0.2, 0.25) is 0 Å². The smallest absolute Gasteiger partial charge is 0.219 e. The molecule has 6 heterocycles. The number of ether oxygens (including phenoxy) is 1. The van der Waals surface area contributed by atoms with Crippen LogP contribution in [0.15, 0.2) is 0 Å². The molecule has 0 aromatic carbocycles. The zero-order valence-corrected chi connectivity index (χ0v) is 36.2. The fourth-order valence-electron chi connectivity index (χ4n) is 5.72. The number of morpholine rings is 1. The molecule has 7 rings (SSSR count). The van der Waals surface area contributed by atoms with Crippen molar-refractivity contribution in [3.8, 4) is 0 Å². The van der Waals surface area contributed by atoms with E-state index in [1.165, 1.54) is 130 Å². The van der Waals surface area contributed by atoms with Gasteiger partial charge in [-0.2, -0.15) is 11.8 Å². The van der Waals surface area contributed by atoms with Crippen LogP contribution < -0.4 is 16.0 Å². The van der Waals surface area contributed by atoms with Crippen molar-refractivity contribution in [2.75, 3.05) is 157 Å². The second-order valence-corrected chi connectivity index (χ2v) is 15.4. The third-order valence-corrected chi connectivity index (χ3v) is 9.91. The van der Waals surface area contributed by atoms with Crippen molar-refractivity contribution in [2.45, 2.75) is 87.0 Å². The Morgan fingerprint density at radius 3 is 1.08 bits per heavy atom. The molecule has 7 fully saturated rings. The highest BCUT2D eigenvalue weighted by atomic mass is 32.2. The van der Waals surface area contributed by atoms with Gasteiger partial charge in [0, 0.05) is 72.4 Å². The number of likely N-dealkylation sites (tertiary alicyclic amines) is 2. The highest BCUT2D eigenvalue weighted by Crippen LogP contribution is 2.26. The minimum absolute atomic E-state index is 0.191. The minimum atomic E-state index is 0.191. The first-order chi connectivity index (χ1) is 24.7. The van der Waals surface area contributed by atoms with Gasteiger partial charge < -0.3 is 40.3 Å². The lowest BCUT2D eigenvalue weighted by Gasteiger charge is -2.25. The summed E-state index contributed by atoms with van der Waals surface area (Å²) in [5, 5.41) is 9.64. The molecule has 0 radical (unpaired) electrons. The van der Waals surface area contributed by atoms with E-state index in [1.54, 1.807) is 18.7 Å². The molecule has 6 saturated heterocycles. The van der Waals surface area contributed by atoms with E-state index in [2.05, 4.69) is 77.1 Å². The number of hydrogen-bond acceptors (Lipinski definition) is 10. The molecule has 0 atom stereocenters. The molecule has 0 aromatic rings. The number of nitrogens with zero attached hydrogens (tertiary/aromatic N) is 5. The molecule has 0 bridgehead atoms. The van der Waals surface area contributed by atoms with Crippen molar-refractivity contribution in [3.05, 3.63) is 0 Å². The summed E-state index contributed by atoms with van der Waals surface area (Å²) in [5.41, 5.74) is 0. The zero-order valence-electron chi connectivity index (χ0n) is 35.4. The number of nitrogens with one attached hydrogen (secondary N) is 3. The molecule has 3 N–H and O–H groups in total. The normalized spacial score (nSPS) is 22.3. The largest absolute Gasteiger partial charge is 0.379 e. The summed E-state index contributed by atoms with van der Waals surface area (Å²) in [4.78, 5) is 22.4. The summed E-state index contributed by atoms with van der Waals surface area (Å²) < 4.78 is 5.16. The van der Waals surface area contributed by atoms with E-state index in [1.807, 2.05) is 17.4 Å². The van der Waals surface area contributed by atoms with Gasteiger partial charge in [-0.05, 0) is 115 Å². The zero-order chi connectivity index (χ0) is 38.0. The second-order valence-electron chi connectivity index (χ2n) is 14.6. The molecular weight excluding hydrogens is 657 g/mol. The Balaban J connectivity index is 0.000000570. The number of thioether (sulfide) groups is 1. The number of hydrogen-bond donors (Lipinski definition) is 3. The van der Waals surface area contributed by atoms with E-state index >= 15 is 0 Å². The van der Waals surface area contributed by atoms with E-state index in [9.17, 15) is 4.79 Å². The molecule has 306 valence electrons. The molecule has 11 heteroatoms. The fourth-order valence-corrected chi connectivity index (χ4v) is 5.72. The van der Waals surface area contributed by atoms with Gasteiger partial charge in [-0.3, -0.25) is 9.69 Å². The Labute approximate surface area is 322 Å². The van der Waals surface area contributed by atoms with Crippen molar-refractivity contribution in [2.24, 2.45) is 11.8 Å². The average Bonchev–Trinajstić information content (AvgIpc) is 3.55. The number of rotatable bonds is 4. The molecule has 0 unspecified atom stereocenters. The van der Waals surface area contributed by atoms with Crippen LogP contribution >= 0.6 is 11.8 Å². The maximum absolute atomic E-state index is 10.7. The van der Waals surface area contributed by atoms with E-state index in [-0.39, 0.29) is 5.91 Å². The summed E-state index contributed by atoms with van der Waals surface area (Å²) in [6.07, 6.45) is 12.8. The van der Waals surface area contributed by atoms with Crippen LogP contribution in [-0.4, -0.2) is 187 Å². The summed E-state index contributed by atoms with van der Waals surface area (Å²) in [5.74, 6) is 2.23. The van der Waals surface area contributed by atoms with Crippen molar-refractivity contribution in [3.63, 3.8) is 0 Å². The first-order valence-electron chi connectivity index (χ1n) is 21.0. The van der Waals surface area contributed by atoms with Gasteiger partial charge in [0.25, 0.3) is 0 Å². The lowest BCUT2D eigenvalue weighted by atomic mass is 10.1. The van der Waals surface area contributed by atoms with Crippen LogP contribution in [0.3, 0.4) is 0 Å². The SMILES string of the molecule is CC(=O)N1CCNCC1.CC1CC1.CC1CNC1.CCN1CCCC1.CCN1CCCC1.CCN1CCNCC1.CCN1CCOCC1.CSC. The monoisotopic (exact) mass is 745 g/mol. The number of likely N-dealkylation sites (N-methyl/N-ethyl adjacent to an activating group) is 2. The fraction of sp³-hybridized carbons (Fsp3) is 0.975. The van der Waals surface area contributed by atoms with Gasteiger partial charge in [-0.25, -0.2) is 0 Å². The van der Waals surface area contributed by atoms with Gasteiger partial charge in [-0.15, -0.1) is 0 Å². The summed E-state index contributed by atoms with van der Waals surface area (Å²) in [6.45, 7) is 40.3. The summed E-state index contributed by atoms with van der Waals surface area (Å²) in [6, 6.07) is 0. The highest BCUT2D eigenvalue weighted by molar-refractivity contribution is 7.97. The number of carbonyl (C=O) groups excluding carboxylic acids is 1. The molecule has 7 aliphatic rings. The molecule has 10 nitrogen and oxygen atoms in total. The Hall–Kier alpha value is -0.500. The van der Waals surface area contributed by atoms with Crippen molar-refractivity contribution in [1.29, 1.82) is 0 Å². The van der Waals surface area contributed by atoms with Gasteiger partial charge in [0.2, 0.25) is 5.91 Å². The Bertz CT molecular complexity index is 683. The van der Waals surface area contributed by atoms with Crippen LogP contribution in [0, 0.1) is 11.8 Å². The van der Waals surface area contributed by atoms with Crippen molar-refractivity contribution < 1.29 is 9.53 Å². The van der Waals surface area contributed by atoms with Crippen molar-refractivity contribution >= 4 is 17.7 Å². The van der Waals surface area contributed by atoms with Gasteiger partial charge in [0.05, 0.1) is 13.2 Å². The molecule has 1 saturated carbocycles. The Morgan fingerprint density at radius 2 is 0.882 bits per heavy atom. The molecule has 1 amide bonds. The molecular formula is C40H88N8O2S. The number of amides is 1. The maximum Gasteiger partial charge on any atom is 0.219 e. The molecule has 51 heavy (non-hydrogen) atoms. The molecule has 0 spiro atoms. The Kier molecular flexibility index (Phi) is 36.1. The highest BCUT2D eigenvalue weighted by Gasteiger charge is 2.13. The molecule has 6 aliphatic heterocycles. The van der Waals surface area contributed by atoms with E-state index in [0.29, 0.717) is 0 Å². The molecule has 0 aromatic heterocycles. The predicted octanol–water partition coefficient (Wildman–Crippen LogP) is 4.51. The standard InChI is InChI=1S/C6H12N2O.C6H14N2.C6H13NO.2C6H13N.C4H9N.C4H8.C2H6S/c1-6(9)8-4-2-7-3-5-8;1-2-8-5-3-7-4-6-8;1-2-7-3-5-8-6-4-7;2*1-2-7-5-3-4-6-7;1-4-2-5-3-4;1-4-2-3-4;1-3-2/h7H,2-5H2,1H3;7H,2-6H2,1H3;2-6H2,1H3;2*2-6H2,1H3;4-5H,2-3H2,1H3;4H,2-3H2,1H3;1-2H3. The second kappa shape index (κ2) is 36.5. The van der Waals surface area contributed by atoms with Crippen LogP contribution in [0.5, 0.6) is 0 Å². The average molecular weight is 745 g/mol. The first kappa shape index (κ1) is 50.5. The van der Waals surface area contributed by atoms with Gasteiger partial charge in [0.15, 0.2) is 0 Å². The first-order valence-corrected chi connectivity index (χ1v) is 22.6. The van der Waals surface area contributed by atoms with Gasteiger partial charge in [-0.1, -0.05) is 54.4 Å².